The summed E-state index contributed by atoms with van der Waals surface area (Å²) in [4.78, 5) is 27.5. The number of hydrogen-bond donors (Lipinski definition) is 3. The lowest BCUT2D eigenvalue weighted by Crippen LogP contribution is -2.47. The van der Waals surface area contributed by atoms with Crippen molar-refractivity contribution < 1.29 is 14.3 Å². The zero-order valence-corrected chi connectivity index (χ0v) is 14.5. The number of H-pyrrole nitrogens is 1. The number of aromatic amines is 1. The minimum atomic E-state index is -0.769. The van der Waals surface area contributed by atoms with Crippen LogP contribution in [-0.2, 0) is 22.5 Å². The lowest BCUT2D eigenvalue weighted by atomic mass is 10.1. The predicted molar refractivity (Wildman–Crippen MR) is 99.6 cm³/mol. The normalized spacial score (nSPS) is 11.7. The smallest absolute Gasteiger partial charge is 0.328 e. The van der Waals surface area contributed by atoms with Crippen molar-refractivity contribution in [3.8, 4) is 0 Å². The molecule has 0 saturated heterocycles. The number of rotatable bonds is 6. The number of carbonyl (C=O) groups is 2. The van der Waals surface area contributed by atoms with Crippen LogP contribution < -0.4 is 10.6 Å². The van der Waals surface area contributed by atoms with Crippen molar-refractivity contribution >= 4 is 22.9 Å². The Kier molecular flexibility index (Phi) is 5.53. The first-order valence-corrected chi connectivity index (χ1v) is 8.38. The van der Waals surface area contributed by atoms with E-state index in [0.29, 0.717) is 13.0 Å². The summed E-state index contributed by atoms with van der Waals surface area (Å²) in [6, 6.07) is 16.2. The van der Waals surface area contributed by atoms with Crippen LogP contribution >= 0.6 is 0 Å². The topological polar surface area (TPSA) is 83.2 Å². The molecule has 1 atom stereocenters. The Morgan fingerprint density at radius 1 is 1.08 bits per heavy atom. The summed E-state index contributed by atoms with van der Waals surface area (Å²) in [5.41, 5.74) is 2.91. The second kappa shape index (κ2) is 8.20. The van der Waals surface area contributed by atoms with Crippen LogP contribution in [0.5, 0.6) is 0 Å². The van der Waals surface area contributed by atoms with E-state index in [-0.39, 0.29) is 0 Å². The maximum Gasteiger partial charge on any atom is 0.328 e. The Balaban J connectivity index is 1.66. The van der Waals surface area contributed by atoms with Gasteiger partial charge in [0.1, 0.15) is 6.04 Å². The monoisotopic (exact) mass is 351 g/mol. The second-order valence-electron chi connectivity index (χ2n) is 5.95. The Hall–Kier alpha value is -3.28. The molecule has 6 nitrogen and oxygen atoms in total. The van der Waals surface area contributed by atoms with Crippen molar-refractivity contribution in [1.29, 1.82) is 0 Å². The van der Waals surface area contributed by atoms with Crippen molar-refractivity contribution in [1.82, 2.24) is 15.6 Å². The van der Waals surface area contributed by atoms with Crippen LogP contribution in [0, 0.1) is 0 Å². The first kappa shape index (κ1) is 17.5. The van der Waals surface area contributed by atoms with E-state index in [1.54, 1.807) is 0 Å². The molecule has 26 heavy (non-hydrogen) atoms. The third-order valence-electron chi connectivity index (χ3n) is 4.19. The van der Waals surface area contributed by atoms with E-state index in [0.717, 1.165) is 22.0 Å². The van der Waals surface area contributed by atoms with Gasteiger partial charge < -0.3 is 20.4 Å². The molecular formula is C20H21N3O3. The molecule has 0 saturated carbocycles. The number of fused-ring (bicyclic) bond motifs is 1. The minimum Gasteiger partial charge on any atom is -0.467 e. The average Bonchev–Trinajstić information content (AvgIpc) is 3.09. The van der Waals surface area contributed by atoms with E-state index in [1.807, 2.05) is 60.8 Å². The van der Waals surface area contributed by atoms with Gasteiger partial charge in [-0.3, -0.25) is 0 Å². The van der Waals surface area contributed by atoms with Gasteiger partial charge in [-0.25, -0.2) is 9.59 Å². The Bertz CT molecular complexity index is 889. The maximum atomic E-state index is 12.2. The number of urea groups is 1. The van der Waals surface area contributed by atoms with E-state index in [2.05, 4.69) is 15.6 Å². The van der Waals surface area contributed by atoms with Crippen LogP contribution in [0.1, 0.15) is 11.1 Å². The largest absolute Gasteiger partial charge is 0.467 e. The number of esters is 1. The van der Waals surface area contributed by atoms with Gasteiger partial charge in [0.2, 0.25) is 0 Å². The second-order valence-corrected chi connectivity index (χ2v) is 5.95. The standard InChI is InChI=1S/C20H21N3O3/c1-26-19(24)18(11-15-13-21-17-10-6-5-9-16(15)17)23-20(25)22-12-14-7-3-2-4-8-14/h2-10,13,18,21H,11-12H2,1H3,(H2,22,23,25)/t18-/m0/s1. The highest BCUT2D eigenvalue weighted by atomic mass is 16.5. The molecule has 3 rings (SSSR count). The summed E-state index contributed by atoms with van der Waals surface area (Å²) in [7, 11) is 1.31. The first-order chi connectivity index (χ1) is 12.7. The van der Waals surface area contributed by atoms with E-state index < -0.39 is 18.0 Å². The van der Waals surface area contributed by atoms with Crippen molar-refractivity contribution in [2.24, 2.45) is 0 Å². The number of para-hydroxylation sites is 1. The third-order valence-corrected chi connectivity index (χ3v) is 4.19. The molecule has 1 heterocycles. The van der Waals surface area contributed by atoms with Gasteiger partial charge in [-0.15, -0.1) is 0 Å². The molecule has 1 aromatic heterocycles. The van der Waals surface area contributed by atoms with Gasteiger partial charge in [0.05, 0.1) is 7.11 Å². The third kappa shape index (κ3) is 4.22. The van der Waals surface area contributed by atoms with Crippen molar-refractivity contribution in [3.63, 3.8) is 0 Å². The van der Waals surface area contributed by atoms with Gasteiger partial charge in [-0.1, -0.05) is 48.5 Å². The molecule has 0 aliphatic carbocycles. The summed E-state index contributed by atoms with van der Waals surface area (Å²) >= 11 is 0. The molecule has 2 aromatic carbocycles. The van der Waals surface area contributed by atoms with Crippen LogP contribution in [0.25, 0.3) is 10.9 Å². The number of benzene rings is 2. The highest BCUT2D eigenvalue weighted by molar-refractivity contribution is 5.86. The first-order valence-electron chi connectivity index (χ1n) is 8.38. The zero-order valence-electron chi connectivity index (χ0n) is 14.5. The van der Waals surface area contributed by atoms with Crippen molar-refractivity contribution in [3.05, 3.63) is 71.9 Å². The molecule has 134 valence electrons. The molecule has 0 bridgehead atoms. The fourth-order valence-electron chi connectivity index (χ4n) is 2.84. The Morgan fingerprint density at radius 3 is 2.58 bits per heavy atom. The van der Waals surface area contributed by atoms with Crippen LogP contribution in [0.3, 0.4) is 0 Å². The quantitative estimate of drug-likeness (QED) is 0.597. The summed E-state index contributed by atoms with van der Waals surface area (Å²) in [5.74, 6) is -0.481. The molecule has 0 spiro atoms. The molecule has 6 heteroatoms. The van der Waals surface area contributed by atoms with E-state index in [1.165, 1.54) is 7.11 Å². The van der Waals surface area contributed by atoms with E-state index in [9.17, 15) is 9.59 Å². The number of hydrogen-bond acceptors (Lipinski definition) is 3. The number of amides is 2. The molecule has 2 amide bonds. The number of ether oxygens (including phenoxy) is 1. The molecular weight excluding hydrogens is 330 g/mol. The Morgan fingerprint density at radius 2 is 1.81 bits per heavy atom. The van der Waals surface area contributed by atoms with Crippen LogP contribution in [0.2, 0.25) is 0 Å². The average molecular weight is 351 g/mol. The van der Waals surface area contributed by atoms with Crippen molar-refractivity contribution in [2.45, 2.75) is 19.0 Å². The summed E-state index contributed by atoms with van der Waals surface area (Å²) in [5, 5.41) is 6.48. The summed E-state index contributed by atoms with van der Waals surface area (Å²) < 4.78 is 4.85. The fourth-order valence-corrected chi connectivity index (χ4v) is 2.84. The summed E-state index contributed by atoms with van der Waals surface area (Å²) in [6.45, 7) is 0.383. The van der Waals surface area contributed by atoms with Gasteiger partial charge in [-0.05, 0) is 17.2 Å². The zero-order chi connectivity index (χ0) is 18.4. The fraction of sp³-hybridized carbons (Fsp3) is 0.200. The maximum absolute atomic E-state index is 12.2. The molecule has 0 radical (unpaired) electrons. The van der Waals surface area contributed by atoms with Crippen LogP contribution in [0.4, 0.5) is 4.79 Å². The van der Waals surface area contributed by atoms with Gasteiger partial charge in [-0.2, -0.15) is 0 Å². The number of aromatic nitrogens is 1. The minimum absolute atomic E-state index is 0.343. The predicted octanol–water partition coefficient (Wildman–Crippen LogP) is 2.75. The highest BCUT2D eigenvalue weighted by Crippen LogP contribution is 2.19. The van der Waals surface area contributed by atoms with Crippen LogP contribution in [0.15, 0.2) is 60.8 Å². The molecule has 0 fully saturated rings. The molecule has 0 aliphatic rings. The van der Waals surface area contributed by atoms with Crippen molar-refractivity contribution in [2.75, 3.05) is 7.11 Å². The SMILES string of the molecule is COC(=O)[C@H](Cc1c[nH]c2ccccc12)NC(=O)NCc1ccccc1. The van der Waals surface area contributed by atoms with Crippen LogP contribution in [-0.4, -0.2) is 30.1 Å². The Labute approximate surface area is 151 Å². The van der Waals surface area contributed by atoms with E-state index >= 15 is 0 Å². The number of methoxy groups -OCH3 is 1. The highest BCUT2D eigenvalue weighted by Gasteiger charge is 2.23. The number of nitrogens with one attached hydrogen (secondary N) is 3. The van der Waals surface area contributed by atoms with E-state index in [4.69, 9.17) is 4.74 Å². The molecule has 3 N–H and O–H groups in total. The van der Waals surface area contributed by atoms with Gasteiger partial charge in [0.15, 0.2) is 0 Å². The lowest BCUT2D eigenvalue weighted by Gasteiger charge is -2.17. The molecule has 0 aliphatic heterocycles. The molecule has 3 aromatic rings. The summed E-state index contributed by atoms with van der Waals surface area (Å²) in [6.07, 6.45) is 2.19. The lowest BCUT2D eigenvalue weighted by molar-refractivity contribution is -0.142. The van der Waals surface area contributed by atoms with Gasteiger partial charge >= 0.3 is 12.0 Å². The molecule has 0 unspecified atom stereocenters. The number of carbonyl (C=O) groups excluding carboxylic acids is 2. The van der Waals surface area contributed by atoms with Gasteiger partial charge in [0, 0.05) is 30.1 Å². The van der Waals surface area contributed by atoms with Gasteiger partial charge in [0.25, 0.3) is 0 Å².